The molecule has 0 spiro atoms. The van der Waals surface area contributed by atoms with Crippen molar-refractivity contribution in [3.63, 3.8) is 0 Å². The molecule has 0 unspecified atom stereocenters. The number of hydrogen-bond donors (Lipinski definition) is 2. The Kier molecular flexibility index (Phi) is 4.76. The van der Waals surface area contributed by atoms with Crippen LogP contribution in [0.1, 0.15) is 62.4 Å². The number of carboxylic acids is 1. The van der Waals surface area contributed by atoms with E-state index in [0.29, 0.717) is 29.1 Å². The first-order valence-corrected chi connectivity index (χ1v) is 10.00. The Labute approximate surface area is 170 Å². The summed E-state index contributed by atoms with van der Waals surface area (Å²) in [5.41, 5.74) is 8.85. The van der Waals surface area contributed by atoms with E-state index in [1.165, 1.54) is 5.56 Å². The summed E-state index contributed by atoms with van der Waals surface area (Å²) in [6, 6.07) is 8.34. The van der Waals surface area contributed by atoms with Crippen LogP contribution in [-0.4, -0.2) is 32.4 Å². The highest BCUT2D eigenvalue weighted by Gasteiger charge is 2.35. The molecule has 0 atom stereocenters. The van der Waals surface area contributed by atoms with Crippen molar-refractivity contribution in [3.8, 4) is 5.88 Å². The Balaban J connectivity index is 1.60. The SMILES string of the molecule is Cc1nc(N)c2c(n1)OC(C)(C)C(c1ccc(C3CCC(C(=O)O)CC3)cc1)=N2. The number of anilines is 1. The second-order valence-electron chi connectivity index (χ2n) is 8.39. The van der Waals surface area contributed by atoms with Crippen LogP contribution in [-0.2, 0) is 4.79 Å². The van der Waals surface area contributed by atoms with Gasteiger partial charge in [-0.3, -0.25) is 4.79 Å². The van der Waals surface area contributed by atoms with E-state index < -0.39 is 11.6 Å². The summed E-state index contributed by atoms with van der Waals surface area (Å²) in [6.45, 7) is 5.70. The molecule has 2 aromatic rings. The van der Waals surface area contributed by atoms with Crippen LogP contribution in [0.5, 0.6) is 5.88 Å². The topological polar surface area (TPSA) is 111 Å². The van der Waals surface area contributed by atoms with E-state index in [1.807, 2.05) is 13.8 Å². The Hall–Kier alpha value is -2.96. The molecule has 2 aliphatic rings. The minimum absolute atomic E-state index is 0.198. The number of ether oxygens (including phenoxy) is 1. The highest BCUT2D eigenvalue weighted by molar-refractivity contribution is 6.09. The number of carboxylic acid groups (broad SMARTS) is 1. The monoisotopic (exact) mass is 394 g/mol. The summed E-state index contributed by atoms with van der Waals surface area (Å²) in [5, 5.41) is 9.19. The molecule has 0 saturated heterocycles. The van der Waals surface area contributed by atoms with E-state index in [9.17, 15) is 9.90 Å². The van der Waals surface area contributed by atoms with E-state index in [-0.39, 0.29) is 5.92 Å². The van der Waals surface area contributed by atoms with Gasteiger partial charge in [0.2, 0.25) is 5.88 Å². The lowest BCUT2D eigenvalue weighted by Crippen LogP contribution is -2.41. The summed E-state index contributed by atoms with van der Waals surface area (Å²) in [4.78, 5) is 24.4. The van der Waals surface area contributed by atoms with Crippen LogP contribution in [0.4, 0.5) is 11.5 Å². The van der Waals surface area contributed by atoms with Gasteiger partial charge >= 0.3 is 5.97 Å². The normalized spacial score (nSPS) is 22.9. The molecule has 1 aromatic heterocycles. The van der Waals surface area contributed by atoms with Crippen molar-refractivity contribution in [2.45, 2.75) is 58.0 Å². The lowest BCUT2D eigenvalue weighted by Gasteiger charge is -2.32. The zero-order chi connectivity index (χ0) is 20.8. The van der Waals surface area contributed by atoms with Crippen molar-refractivity contribution in [1.82, 2.24) is 9.97 Å². The molecule has 152 valence electrons. The highest BCUT2D eigenvalue weighted by Crippen LogP contribution is 2.40. The van der Waals surface area contributed by atoms with Crippen molar-refractivity contribution >= 4 is 23.2 Å². The van der Waals surface area contributed by atoms with Crippen molar-refractivity contribution in [2.24, 2.45) is 10.9 Å². The largest absolute Gasteiger partial charge is 0.481 e. The first kappa shape index (κ1) is 19.4. The number of rotatable bonds is 3. The first-order chi connectivity index (χ1) is 13.7. The molecular weight excluding hydrogens is 368 g/mol. The molecule has 7 nitrogen and oxygen atoms in total. The highest BCUT2D eigenvalue weighted by atomic mass is 16.5. The Morgan fingerprint density at radius 2 is 1.79 bits per heavy atom. The second kappa shape index (κ2) is 7.13. The van der Waals surface area contributed by atoms with E-state index in [1.54, 1.807) is 6.92 Å². The predicted octanol–water partition coefficient (Wildman–Crippen LogP) is 4.02. The number of aryl methyl sites for hydroxylation is 1. The van der Waals surface area contributed by atoms with E-state index in [0.717, 1.165) is 37.0 Å². The fourth-order valence-corrected chi connectivity index (χ4v) is 4.27. The maximum Gasteiger partial charge on any atom is 0.306 e. The lowest BCUT2D eigenvalue weighted by atomic mass is 9.78. The van der Waals surface area contributed by atoms with Gasteiger partial charge in [-0.1, -0.05) is 24.3 Å². The van der Waals surface area contributed by atoms with Crippen LogP contribution < -0.4 is 10.5 Å². The van der Waals surface area contributed by atoms with Crippen LogP contribution in [0.25, 0.3) is 0 Å². The van der Waals surface area contributed by atoms with E-state index >= 15 is 0 Å². The molecular formula is C22H26N4O3. The van der Waals surface area contributed by atoms with Crippen molar-refractivity contribution in [2.75, 3.05) is 5.73 Å². The summed E-state index contributed by atoms with van der Waals surface area (Å²) in [5.74, 6) is 0.817. The number of nitrogens with zero attached hydrogens (tertiary/aromatic N) is 3. The molecule has 7 heteroatoms. The van der Waals surface area contributed by atoms with Gasteiger partial charge in [0.1, 0.15) is 11.4 Å². The number of carbonyl (C=O) groups is 1. The summed E-state index contributed by atoms with van der Waals surface area (Å²) >= 11 is 0. The molecule has 0 amide bonds. The molecule has 1 aromatic carbocycles. The number of aliphatic carboxylic acids is 1. The van der Waals surface area contributed by atoms with Gasteiger partial charge < -0.3 is 15.6 Å². The zero-order valence-electron chi connectivity index (χ0n) is 17.0. The average molecular weight is 394 g/mol. The third kappa shape index (κ3) is 3.69. The minimum Gasteiger partial charge on any atom is -0.481 e. The number of aliphatic imine (C=N–C) groups is 1. The second-order valence-corrected chi connectivity index (χ2v) is 8.39. The summed E-state index contributed by atoms with van der Waals surface area (Å²) < 4.78 is 6.11. The van der Waals surface area contributed by atoms with Gasteiger partial charge in [-0.25, -0.2) is 9.98 Å². The molecule has 1 fully saturated rings. The molecule has 1 saturated carbocycles. The third-order valence-corrected chi connectivity index (χ3v) is 5.87. The third-order valence-electron chi connectivity index (χ3n) is 5.87. The van der Waals surface area contributed by atoms with Gasteiger partial charge in [-0.05, 0) is 57.9 Å². The zero-order valence-corrected chi connectivity index (χ0v) is 17.0. The van der Waals surface area contributed by atoms with Gasteiger partial charge in [0.05, 0.1) is 11.6 Å². The molecule has 3 N–H and O–H groups in total. The van der Waals surface area contributed by atoms with Crippen molar-refractivity contribution in [3.05, 3.63) is 41.2 Å². The number of aromatic nitrogens is 2. The standard InChI is InChI=1S/C22H26N4O3/c1-12-24-19(23)17-20(25-12)29-22(2,3)18(26-17)15-8-4-13(5-9-15)14-6-10-16(11-7-14)21(27)28/h4-5,8-9,14,16H,6-7,10-11H2,1-3H3,(H,27,28)(H2,23,24,25). The lowest BCUT2D eigenvalue weighted by molar-refractivity contribution is -0.142. The van der Waals surface area contributed by atoms with Crippen LogP contribution in [0.3, 0.4) is 0 Å². The summed E-state index contributed by atoms with van der Waals surface area (Å²) in [6.07, 6.45) is 3.30. The fraction of sp³-hybridized carbons (Fsp3) is 0.455. The van der Waals surface area contributed by atoms with Gasteiger partial charge in [-0.15, -0.1) is 0 Å². The Morgan fingerprint density at radius 3 is 2.41 bits per heavy atom. The number of nitrogens with two attached hydrogens (primary N) is 1. The molecule has 2 heterocycles. The maximum atomic E-state index is 11.2. The van der Waals surface area contributed by atoms with Gasteiger partial charge in [0.15, 0.2) is 11.5 Å². The average Bonchev–Trinajstić information content (AvgIpc) is 2.67. The molecule has 0 bridgehead atoms. The fourth-order valence-electron chi connectivity index (χ4n) is 4.27. The van der Waals surface area contributed by atoms with Crippen LogP contribution >= 0.6 is 0 Å². The summed E-state index contributed by atoms with van der Waals surface area (Å²) in [7, 11) is 0. The smallest absolute Gasteiger partial charge is 0.306 e. The van der Waals surface area contributed by atoms with Crippen molar-refractivity contribution in [1.29, 1.82) is 0 Å². The van der Waals surface area contributed by atoms with Crippen LogP contribution in [0.2, 0.25) is 0 Å². The number of hydrogen-bond acceptors (Lipinski definition) is 6. The van der Waals surface area contributed by atoms with Crippen molar-refractivity contribution < 1.29 is 14.6 Å². The first-order valence-electron chi connectivity index (χ1n) is 10.00. The number of benzene rings is 1. The predicted molar refractivity (Wildman–Crippen MR) is 111 cm³/mol. The Bertz CT molecular complexity index is 974. The van der Waals surface area contributed by atoms with Crippen LogP contribution in [0.15, 0.2) is 29.3 Å². The molecule has 1 aliphatic heterocycles. The maximum absolute atomic E-state index is 11.2. The minimum atomic E-state index is -0.671. The number of nitrogen functional groups attached to an aromatic ring is 1. The van der Waals surface area contributed by atoms with Gasteiger partial charge in [0.25, 0.3) is 0 Å². The van der Waals surface area contributed by atoms with Crippen LogP contribution in [0, 0.1) is 12.8 Å². The van der Waals surface area contributed by atoms with E-state index in [2.05, 4.69) is 34.2 Å². The molecule has 1 aliphatic carbocycles. The molecule has 4 rings (SSSR count). The quantitative estimate of drug-likeness (QED) is 0.813. The van der Waals surface area contributed by atoms with Gasteiger partial charge in [0, 0.05) is 5.56 Å². The van der Waals surface area contributed by atoms with E-state index in [4.69, 9.17) is 15.5 Å². The number of fused-ring (bicyclic) bond motifs is 1. The molecule has 29 heavy (non-hydrogen) atoms. The molecule has 0 radical (unpaired) electrons. The Morgan fingerprint density at radius 1 is 1.14 bits per heavy atom. The van der Waals surface area contributed by atoms with Gasteiger partial charge in [-0.2, -0.15) is 4.98 Å².